The first-order valence-electron chi connectivity index (χ1n) is 21.8. The van der Waals surface area contributed by atoms with E-state index in [1.54, 1.807) is 86.6 Å². The lowest BCUT2D eigenvalue weighted by molar-refractivity contribution is -0.393. The van der Waals surface area contributed by atoms with Gasteiger partial charge in [0.2, 0.25) is 0 Å². The molecule has 5 heterocycles. The summed E-state index contributed by atoms with van der Waals surface area (Å²) in [6.45, 7) is 14.9. The lowest BCUT2D eigenvalue weighted by Crippen LogP contribution is -2.13. The van der Waals surface area contributed by atoms with Crippen LogP contribution < -0.4 is 0 Å². The maximum Gasteiger partial charge on any atom is 0.284 e. The Labute approximate surface area is 401 Å². The van der Waals surface area contributed by atoms with E-state index in [1.165, 1.54) is 24.3 Å². The largest absolute Gasteiger partial charge is 0.355 e. The first kappa shape index (κ1) is 48.3. The number of H-pyrrole nitrogens is 3. The highest BCUT2D eigenvalue weighted by molar-refractivity contribution is 6.17. The quantitative estimate of drug-likeness (QED) is 0.0896. The van der Waals surface area contributed by atoms with Gasteiger partial charge in [-0.3, -0.25) is 60.7 Å². The lowest BCUT2D eigenvalue weighted by atomic mass is 9.82. The van der Waals surface area contributed by atoms with E-state index in [0.29, 0.717) is 16.6 Å². The number of nitrogens with zero attached hydrogens (tertiary/aromatic N) is 7. The van der Waals surface area contributed by atoms with E-state index < -0.39 is 119 Å². The van der Waals surface area contributed by atoms with Crippen LogP contribution in [-0.2, 0) is 16.2 Å². The molecule has 0 fully saturated rings. The van der Waals surface area contributed by atoms with E-state index >= 15 is 0 Å². The molecule has 1 aliphatic rings. The van der Waals surface area contributed by atoms with Crippen LogP contribution in [0.2, 0.25) is 0 Å². The summed E-state index contributed by atoms with van der Waals surface area (Å²) in [6.07, 6.45) is 2.96. The molecule has 0 radical (unpaired) electrons. The van der Waals surface area contributed by atoms with E-state index in [1.807, 2.05) is 0 Å². The number of fused-ring (bicyclic) bond motifs is 9. The molecule has 22 heteroatoms. The maximum atomic E-state index is 13.6. The third kappa shape index (κ3) is 8.66. The standard InChI is InChI=1S/C49H44N10O12/c1-47(2,3)24-16-33(54(60)61)40(34(17-24)55(62)63)39-31-14-12-29(51-31)22-27-10-11-28(50-27)23-30-13-15-32(52-30)45-43(41-35(56(64)65)18-25(48(4,5)6)19-36(41)57(66)67)44(46(39)53-45)42-37(58(68)69)20-26(49(7,8)9)21-38(42)59(70)71/h10-23,50-51,53H,1-9H3. The van der Waals surface area contributed by atoms with E-state index in [0.717, 1.165) is 36.4 Å². The lowest BCUT2D eigenvalue weighted by Gasteiger charge is -2.21. The van der Waals surface area contributed by atoms with Crippen molar-refractivity contribution < 1.29 is 29.5 Å². The second-order valence-electron chi connectivity index (χ2n) is 20.2. The number of hydrogen-bond acceptors (Lipinski definition) is 13. The number of aromatic nitrogens is 4. The highest BCUT2D eigenvalue weighted by Gasteiger charge is 2.42. The van der Waals surface area contributed by atoms with Crippen LogP contribution >= 0.6 is 0 Å². The number of rotatable bonds is 9. The molecule has 22 nitrogen and oxygen atoms in total. The Morgan fingerprint density at radius 3 is 1.10 bits per heavy atom. The van der Waals surface area contributed by atoms with Gasteiger partial charge in [0, 0.05) is 75.2 Å². The van der Waals surface area contributed by atoms with Gasteiger partial charge in [0.1, 0.15) is 16.7 Å². The number of nitro groups is 6. The number of aromatic amines is 3. The number of nitrogens with one attached hydrogen (secondary N) is 3. The van der Waals surface area contributed by atoms with Crippen molar-refractivity contribution >= 4 is 79.4 Å². The number of benzene rings is 3. The van der Waals surface area contributed by atoms with Crippen LogP contribution in [0.15, 0.2) is 72.8 Å². The van der Waals surface area contributed by atoms with Crippen LogP contribution in [0.1, 0.15) is 90.4 Å². The summed E-state index contributed by atoms with van der Waals surface area (Å²) in [5.41, 5.74) is -11.3. The van der Waals surface area contributed by atoms with Crippen LogP contribution in [0.25, 0.3) is 78.6 Å². The van der Waals surface area contributed by atoms with Crippen molar-refractivity contribution in [3.05, 3.63) is 162 Å². The van der Waals surface area contributed by atoms with Crippen LogP contribution in [0, 0.1) is 60.7 Å². The summed E-state index contributed by atoms with van der Waals surface area (Å²) in [6, 6.07) is 16.3. The summed E-state index contributed by atoms with van der Waals surface area (Å²) >= 11 is 0. The maximum absolute atomic E-state index is 13.6. The van der Waals surface area contributed by atoms with E-state index in [4.69, 9.17) is 4.98 Å². The average molecular weight is 965 g/mol. The molecule has 362 valence electrons. The van der Waals surface area contributed by atoms with Crippen molar-refractivity contribution in [2.24, 2.45) is 0 Å². The van der Waals surface area contributed by atoms with Gasteiger partial charge in [-0.2, -0.15) is 0 Å². The molecule has 1 aliphatic heterocycles. The summed E-state index contributed by atoms with van der Waals surface area (Å²) < 4.78 is 0. The van der Waals surface area contributed by atoms with Gasteiger partial charge in [0.25, 0.3) is 34.1 Å². The van der Waals surface area contributed by atoms with E-state index in [-0.39, 0.29) is 39.1 Å². The van der Waals surface area contributed by atoms with Gasteiger partial charge < -0.3 is 15.0 Å². The molecule has 71 heavy (non-hydrogen) atoms. The second kappa shape index (κ2) is 16.8. The first-order chi connectivity index (χ1) is 33.0. The fourth-order valence-electron chi connectivity index (χ4n) is 8.71. The SMILES string of the molecule is CC(C)(C)c1cc([N+](=O)[O-])c(-c2c(-c3c([N+](=O)[O-])cc(C(C)(C)C)cc3[N+](=O)[O-])c3[nH]c2c2nc(cc4ccc(cc5ccc([nH]5)c3-c3c([N+](=O)[O-])cc(C(C)(C)C)cc3[N+](=O)[O-])[nH]4)C=C2)c([N+](=O)[O-])c1. The predicted octanol–water partition coefficient (Wildman–Crippen LogP) is 13.0. The van der Waals surface area contributed by atoms with Gasteiger partial charge in [-0.15, -0.1) is 0 Å². The van der Waals surface area contributed by atoms with Crippen LogP contribution in [0.5, 0.6) is 0 Å². The minimum Gasteiger partial charge on any atom is -0.355 e. The Hall–Kier alpha value is -9.21. The average Bonchev–Trinajstić information content (AvgIpc) is 4.09. The summed E-state index contributed by atoms with van der Waals surface area (Å²) in [5.74, 6) is 0. The highest BCUT2D eigenvalue weighted by atomic mass is 16.6. The van der Waals surface area contributed by atoms with E-state index in [2.05, 4.69) is 15.0 Å². The van der Waals surface area contributed by atoms with Crippen LogP contribution in [-0.4, -0.2) is 49.5 Å². The van der Waals surface area contributed by atoms with Crippen molar-refractivity contribution in [1.82, 2.24) is 19.9 Å². The summed E-state index contributed by atoms with van der Waals surface area (Å²) in [7, 11) is 0. The smallest absolute Gasteiger partial charge is 0.284 e. The zero-order chi connectivity index (χ0) is 52.0. The molecular weight excluding hydrogens is 921 g/mol. The van der Waals surface area contributed by atoms with Crippen LogP contribution in [0.3, 0.4) is 0 Å². The predicted molar refractivity (Wildman–Crippen MR) is 268 cm³/mol. The molecule has 0 unspecified atom stereocenters. The molecule has 7 aromatic rings. The van der Waals surface area contributed by atoms with E-state index in [9.17, 15) is 60.7 Å². The minimum atomic E-state index is -0.982. The van der Waals surface area contributed by atoms with Crippen molar-refractivity contribution in [3.8, 4) is 33.4 Å². The molecule has 3 N–H and O–H groups in total. The van der Waals surface area contributed by atoms with Crippen molar-refractivity contribution in [3.63, 3.8) is 0 Å². The molecule has 8 rings (SSSR count). The molecule has 0 amide bonds. The van der Waals surface area contributed by atoms with Gasteiger partial charge >= 0.3 is 0 Å². The Balaban J connectivity index is 1.85. The minimum absolute atomic E-state index is 0.0991. The van der Waals surface area contributed by atoms with Gasteiger partial charge in [0.15, 0.2) is 0 Å². The van der Waals surface area contributed by atoms with Gasteiger partial charge in [-0.05, 0) is 81.5 Å². The monoisotopic (exact) mass is 964 g/mol. The molecule has 0 saturated carbocycles. The molecule has 0 spiro atoms. The zero-order valence-corrected chi connectivity index (χ0v) is 39.6. The van der Waals surface area contributed by atoms with Crippen LogP contribution in [0.4, 0.5) is 34.1 Å². The third-order valence-electron chi connectivity index (χ3n) is 12.3. The fraction of sp³-hybridized carbons (Fsp3) is 0.245. The normalized spacial score (nSPS) is 12.4. The first-order valence-corrected chi connectivity index (χ1v) is 21.8. The summed E-state index contributed by atoms with van der Waals surface area (Å²) in [5, 5.41) is 81.4. The van der Waals surface area contributed by atoms with Gasteiger partial charge in [-0.1, -0.05) is 62.3 Å². The molecule has 0 saturated heterocycles. The topological polar surface area (TPSA) is 319 Å². The second-order valence-corrected chi connectivity index (χ2v) is 20.2. The number of nitro benzene ring substituents is 6. The third-order valence-corrected chi connectivity index (χ3v) is 12.3. The molecule has 8 bridgehead atoms. The molecular formula is C49H44N10O12. The van der Waals surface area contributed by atoms with Crippen molar-refractivity contribution in [2.75, 3.05) is 0 Å². The molecule has 0 atom stereocenters. The van der Waals surface area contributed by atoms with Gasteiger partial charge in [0.05, 0.1) is 52.0 Å². The highest BCUT2D eigenvalue weighted by Crippen LogP contribution is 2.56. The van der Waals surface area contributed by atoms with Crippen molar-refractivity contribution in [1.29, 1.82) is 0 Å². The Morgan fingerprint density at radius 2 is 0.718 bits per heavy atom. The molecule has 3 aromatic carbocycles. The molecule has 4 aromatic heterocycles. The zero-order valence-electron chi connectivity index (χ0n) is 39.6. The summed E-state index contributed by atoms with van der Waals surface area (Å²) in [4.78, 5) is 90.3. The Kier molecular flexibility index (Phi) is 11.4. The Bertz CT molecular complexity index is 3590. The molecule has 0 aliphatic carbocycles. The fourth-order valence-corrected chi connectivity index (χ4v) is 8.71. The Morgan fingerprint density at radius 1 is 0.380 bits per heavy atom. The van der Waals surface area contributed by atoms with Crippen molar-refractivity contribution in [2.45, 2.75) is 78.6 Å². The van der Waals surface area contributed by atoms with Gasteiger partial charge in [-0.25, -0.2) is 4.98 Å². The number of hydrogen-bond donors (Lipinski definition) is 3.